The summed E-state index contributed by atoms with van der Waals surface area (Å²) in [5.74, 6) is 0.967. The van der Waals surface area contributed by atoms with Gasteiger partial charge >= 0.3 is 0 Å². The first-order chi connectivity index (χ1) is 9.69. The van der Waals surface area contributed by atoms with Crippen molar-refractivity contribution in [3.05, 3.63) is 5.28 Å². The molecule has 112 valence electrons. The van der Waals surface area contributed by atoms with Gasteiger partial charge in [-0.25, -0.2) is 0 Å². The lowest BCUT2D eigenvalue weighted by molar-refractivity contribution is 0.0726. The number of anilines is 2. The van der Waals surface area contributed by atoms with Crippen LogP contribution in [0.15, 0.2) is 0 Å². The lowest BCUT2D eigenvalue weighted by atomic mass is 10.1. The maximum atomic E-state index is 9.60. The fraction of sp³-hybridized carbons (Fsp3) is 0.750. The number of hydrogen-bond donors (Lipinski definition) is 2. The first-order valence-electron chi connectivity index (χ1n) is 6.76. The van der Waals surface area contributed by atoms with Crippen LogP contribution >= 0.6 is 11.6 Å². The topological polar surface area (TPSA) is 83.4 Å². The van der Waals surface area contributed by atoms with Gasteiger partial charge < -0.3 is 20.1 Å². The summed E-state index contributed by atoms with van der Waals surface area (Å²) in [5, 5.41) is 12.7. The Bertz CT molecular complexity index is 428. The number of aliphatic hydroxyl groups is 1. The lowest BCUT2D eigenvalue weighted by Crippen LogP contribution is -2.31. The molecule has 1 saturated heterocycles. The normalized spacial score (nSPS) is 17.1. The highest BCUT2D eigenvalue weighted by Gasteiger charge is 2.16. The van der Waals surface area contributed by atoms with E-state index in [0.29, 0.717) is 18.4 Å². The monoisotopic (exact) mass is 301 g/mol. The number of nitrogens with one attached hydrogen (secondary N) is 1. The van der Waals surface area contributed by atoms with Crippen molar-refractivity contribution in [3.63, 3.8) is 0 Å². The molecule has 0 aliphatic carbocycles. The second kappa shape index (κ2) is 7.56. The largest absolute Gasteiger partial charge is 0.389 e. The first kappa shape index (κ1) is 15.2. The summed E-state index contributed by atoms with van der Waals surface area (Å²) in [4.78, 5) is 14.6. The molecule has 0 aromatic carbocycles. The van der Waals surface area contributed by atoms with Crippen LogP contribution in [-0.4, -0.2) is 59.5 Å². The summed E-state index contributed by atoms with van der Waals surface area (Å²) in [6.45, 7) is 2.43. The molecular weight excluding hydrogens is 282 g/mol. The Labute approximate surface area is 123 Å². The highest BCUT2D eigenvalue weighted by Crippen LogP contribution is 2.18. The van der Waals surface area contributed by atoms with E-state index in [2.05, 4.69) is 25.2 Å². The molecule has 0 amide bonds. The molecule has 2 rings (SSSR count). The van der Waals surface area contributed by atoms with Gasteiger partial charge in [0, 0.05) is 26.7 Å². The van der Waals surface area contributed by atoms with Crippen molar-refractivity contribution < 1.29 is 9.84 Å². The fourth-order valence-electron chi connectivity index (χ4n) is 2.11. The average Bonchev–Trinajstić information content (AvgIpc) is 2.46. The minimum Gasteiger partial charge on any atom is -0.389 e. The van der Waals surface area contributed by atoms with Gasteiger partial charge in [0.1, 0.15) is 0 Å². The summed E-state index contributed by atoms with van der Waals surface area (Å²) in [7, 11) is 1.54. The van der Waals surface area contributed by atoms with Gasteiger partial charge in [0.25, 0.3) is 0 Å². The Balaban J connectivity index is 2.00. The van der Waals surface area contributed by atoms with Crippen LogP contribution in [0.1, 0.15) is 19.3 Å². The Morgan fingerprint density at radius 1 is 1.30 bits per heavy atom. The second-order valence-electron chi connectivity index (χ2n) is 4.77. The van der Waals surface area contributed by atoms with Gasteiger partial charge in [-0.1, -0.05) is 0 Å². The summed E-state index contributed by atoms with van der Waals surface area (Å²) in [5.41, 5.74) is 0. The molecule has 1 aliphatic heterocycles. The van der Waals surface area contributed by atoms with Crippen LogP contribution in [0.2, 0.25) is 5.28 Å². The number of rotatable bonds is 6. The molecule has 0 bridgehead atoms. The maximum absolute atomic E-state index is 9.60. The van der Waals surface area contributed by atoms with Gasteiger partial charge in [-0.3, -0.25) is 0 Å². The molecule has 7 nitrogen and oxygen atoms in total. The van der Waals surface area contributed by atoms with Gasteiger partial charge in [-0.05, 0) is 30.9 Å². The zero-order valence-electron chi connectivity index (χ0n) is 11.5. The van der Waals surface area contributed by atoms with Gasteiger partial charge in [-0.15, -0.1) is 0 Å². The minimum absolute atomic E-state index is 0.157. The average molecular weight is 302 g/mol. The summed E-state index contributed by atoms with van der Waals surface area (Å²) < 4.78 is 4.86. The number of hydrogen-bond acceptors (Lipinski definition) is 7. The van der Waals surface area contributed by atoms with Crippen molar-refractivity contribution in [2.75, 3.05) is 43.6 Å². The van der Waals surface area contributed by atoms with E-state index < -0.39 is 6.10 Å². The van der Waals surface area contributed by atoms with Crippen LogP contribution in [0.4, 0.5) is 11.9 Å². The second-order valence-corrected chi connectivity index (χ2v) is 5.10. The SMILES string of the molecule is COCC(O)CNc1nc(Cl)nc(N2CCCCC2)n1. The van der Waals surface area contributed by atoms with Crippen LogP contribution < -0.4 is 10.2 Å². The Morgan fingerprint density at radius 2 is 2.05 bits per heavy atom. The summed E-state index contributed by atoms with van der Waals surface area (Å²) >= 11 is 5.93. The zero-order chi connectivity index (χ0) is 14.4. The molecule has 1 aromatic heterocycles. The smallest absolute Gasteiger partial charge is 0.231 e. The van der Waals surface area contributed by atoms with Gasteiger partial charge in [0.2, 0.25) is 17.2 Å². The third kappa shape index (κ3) is 4.43. The van der Waals surface area contributed by atoms with Crippen LogP contribution in [0.5, 0.6) is 0 Å². The zero-order valence-corrected chi connectivity index (χ0v) is 12.3. The predicted octanol–water partition coefficient (Wildman–Crippen LogP) is 0.934. The molecule has 0 spiro atoms. The molecule has 1 aromatic rings. The van der Waals surface area contributed by atoms with Crippen LogP contribution in [-0.2, 0) is 4.74 Å². The van der Waals surface area contributed by atoms with E-state index in [1.807, 2.05) is 0 Å². The number of nitrogens with zero attached hydrogens (tertiary/aromatic N) is 4. The molecule has 8 heteroatoms. The lowest BCUT2D eigenvalue weighted by Gasteiger charge is -2.26. The standard InChI is InChI=1S/C12H20ClN5O2/c1-20-8-9(19)7-14-11-15-10(13)16-12(17-11)18-5-3-2-4-6-18/h9,19H,2-8H2,1H3,(H,14,15,16,17). The third-order valence-electron chi connectivity index (χ3n) is 3.09. The number of piperidine rings is 1. The molecule has 0 radical (unpaired) electrons. The third-order valence-corrected chi connectivity index (χ3v) is 3.26. The van der Waals surface area contributed by atoms with Crippen molar-refractivity contribution in [2.24, 2.45) is 0 Å². The number of halogens is 1. The Morgan fingerprint density at radius 3 is 2.75 bits per heavy atom. The van der Waals surface area contributed by atoms with Crippen molar-refractivity contribution in [2.45, 2.75) is 25.4 Å². The van der Waals surface area contributed by atoms with Crippen molar-refractivity contribution >= 4 is 23.5 Å². The Kier molecular flexibility index (Phi) is 5.75. The predicted molar refractivity (Wildman–Crippen MR) is 77.3 cm³/mol. The number of aromatic nitrogens is 3. The quantitative estimate of drug-likeness (QED) is 0.809. The number of methoxy groups -OCH3 is 1. The van der Waals surface area contributed by atoms with Gasteiger partial charge in [0.05, 0.1) is 12.7 Å². The maximum Gasteiger partial charge on any atom is 0.231 e. The van der Waals surface area contributed by atoms with Gasteiger partial charge in [0.15, 0.2) is 0 Å². The summed E-state index contributed by atoms with van der Waals surface area (Å²) in [6.07, 6.45) is 2.90. The van der Waals surface area contributed by atoms with E-state index in [0.717, 1.165) is 25.9 Å². The highest BCUT2D eigenvalue weighted by molar-refractivity contribution is 6.28. The van der Waals surface area contributed by atoms with E-state index in [-0.39, 0.29) is 11.9 Å². The number of aliphatic hydroxyl groups excluding tert-OH is 1. The van der Waals surface area contributed by atoms with Crippen molar-refractivity contribution in [1.82, 2.24) is 15.0 Å². The number of ether oxygens (including phenoxy) is 1. The molecule has 2 heterocycles. The van der Waals surface area contributed by atoms with E-state index in [9.17, 15) is 5.11 Å². The fourth-order valence-corrected chi connectivity index (χ4v) is 2.27. The molecule has 1 unspecified atom stereocenters. The molecule has 20 heavy (non-hydrogen) atoms. The molecular formula is C12H20ClN5O2. The molecule has 1 aliphatic rings. The highest BCUT2D eigenvalue weighted by atomic mass is 35.5. The Hall–Kier alpha value is -1.18. The first-order valence-corrected chi connectivity index (χ1v) is 7.14. The van der Waals surface area contributed by atoms with Crippen LogP contribution in [0, 0.1) is 0 Å². The van der Waals surface area contributed by atoms with Crippen LogP contribution in [0.25, 0.3) is 0 Å². The van der Waals surface area contributed by atoms with Crippen molar-refractivity contribution in [1.29, 1.82) is 0 Å². The van der Waals surface area contributed by atoms with E-state index in [1.54, 1.807) is 0 Å². The molecule has 1 fully saturated rings. The van der Waals surface area contributed by atoms with Crippen LogP contribution in [0.3, 0.4) is 0 Å². The van der Waals surface area contributed by atoms with E-state index >= 15 is 0 Å². The molecule has 0 saturated carbocycles. The molecule has 2 N–H and O–H groups in total. The minimum atomic E-state index is -0.617. The van der Waals surface area contributed by atoms with Gasteiger partial charge in [-0.2, -0.15) is 15.0 Å². The van der Waals surface area contributed by atoms with E-state index in [4.69, 9.17) is 16.3 Å². The van der Waals surface area contributed by atoms with E-state index in [1.165, 1.54) is 13.5 Å². The molecule has 1 atom stereocenters. The summed E-state index contributed by atoms with van der Waals surface area (Å²) in [6, 6.07) is 0. The van der Waals surface area contributed by atoms with Crippen molar-refractivity contribution in [3.8, 4) is 0 Å².